The van der Waals surface area contributed by atoms with E-state index in [9.17, 15) is 25.2 Å². The summed E-state index contributed by atoms with van der Waals surface area (Å²) in [5.74, 6) is 1.57. The van der Waals surface area contributed by atoms with Crippen LogP contribution in [0.3, 0.4) is 0 Å². The SMILES string of the molecule is C=C[C@@]1(C)CCC2C(CCC3[C@]2(C)CCC(=O)[C@]3(C)CO[C@@H]2O[C@H](CO)[C@@H](O)[C@@H](O)[C@@H]2O)C1. The zero-order valence-electron chi connectivity index (χ0n) is 20.3. The Kier molecular flexibility index (Phi) is 6.89. The van der Waals surface area contributed by atoms with Crippen molar-refractivity contribution in [1.29, 1.82) is 0 Å². The molecule has 4 aliphatic rings. The molecule has 33 heavy (non-hydrogen) atoms. The third kappa shape index (κ3) is 4.13. The minimum absolute atomic E-state index is 0.0484. The van der Waals surface area contributed by atoms with Crippen LogP contribution in [0.25, 0.3) is 0 Å². The van der Waals surface area contributed by atoms with Gasteiger partial charge in [-0.2, -0.15) is 0 Å². The molecule has 0 bridgehead atoms. The molecule has 7 heteroatoms. The summed E-state index contributed by atoms with van der Waals surface area (Å²) >= 11 is 0. The molecule has 1 aliphatic heterocycles. The number of ether oxygens (including phenoxy) is 2. The number of Topliss-reactive ketones (excluding diaryl/α,β-unsaturated/α-hetero) is 1. The molecular weight excluding hydrogens is 424 g/mol. The number of ketones is 1. The van der Waals surface area contributed by atoms with Crippen molar-refractivity contribution in [3.63, 3.8) is 0 Å². The van der Waals surface area contributed by atoms with Crippen molar-refractivity contribution in [3.05, 3.63) is 12.7 Å². The Hall–Kier alpha value is -0.830. The van der Waals surface area contributed by atoms with Crippen molar-refractivity contribution in [1.82, 2.24) is 0 Å². The van der Waals surface area contributed by atoms with Gasteiger partial charge in [-0.1, -0.05) is 26.8 Å². The molecule has 11 atom stereocenters. The van der Waals surface area contributed by atoms with Gasteiger partial charge in [0.1, 0.15) is 30.2 Å². The molecule has 1 heterocycles. The molecule has 7 nitrogen and oxygen atoms in total. The van der Waals surface area contributed by atoms with Gasteiger partial charge in [-0.05, 0) is 67.1 Å². The first-order valence-electron chi connectivity index (χ1n) is 12.6. The second-order valence-corrected chi connectivity index (χ2v) is 12.0. The molecular formula is C26H42O7. The van der Waals surface area contributed by atoms with Crippen LogP contribution in [0, 0.1) is 34.0 Å². The Morgan fingerprint density at radius 3 is 2.48 bits per heavy atom. The second kappa shape index (κ2) is 8.99. The smallest absolute Gasteiger partial charge is 0.186 e. The van der Waals surface area contributed by atoms with Gasteiger partial charge in [0, 0.05) is 6.42 Å². The topological polar surface area (TPSA) is 116 Å². The van der Waals surface area contributed by atoms with Crippen molar-refractivity contribution in [2.75, 3.05) is 13.2 Å². The van der Waals surface area contributed by atoms with E-state index in [0.29, 0.717) is 18.3 Å². The largest absolute Gasteiger partial charge is 0.394 e. The van der Waals surface area contributed by atoms with Crippen LogP contribution in [-0.4, -0.2) is 70.1 Å². The van der Waals surface area contributed by atoms with Crippen molar-refractivity contribution >= 4 is 5.78 Å². The van der Waals surface area contributed by atoms with E-state index in [1.807, 2.05) is 6.92 Å². The van der Waals surface area contributed by atoms with Gasteiger partial charge in [-0.15, -0.1) is 6.58 Å². The molecule has 4 N–H and O–H groups in total. The summed E-state index contributed by atoms with van der Waals surface area (Å²) in [5.41, 5.74) is -0.465. The second-order valence-electron chi connectivity index (χ2n) is 12.0. The lowest BCUT2D eigenvalue weighted by Gasteiger charge is -2.61. The first kappa shape index (κ1) is 25.3. The Bertz CT molecular complexity index is 755. The number of hydrogen-bond acceptors (Lipinski definition) is 7. The Morgan fingerprint density at radius 1 is 1.09 bits per heavy atom. The predicted octanol–water partition coefficient (Wildman–Crippen LogP) is 2.20. The van der Waals surface area contributed by atoms with Crippen LogP contribution in [0.2, 0.25) is 0 Å². The summed E-state index contributed by atoms with van der Waals surface area (Å²) in [6.45, 7) is 10.3. The number of carbonyl (C=O) groups excluding carboxylic acids is 1. The van der Waals surface area contributed by atoms with E-state index in [2.05, 4.69) is 26.5 Å². The molecule has 3 saturated carbocycles. The van der Waals surface area contributed by atoms with Gasteiger partial charge in [-0.25, -0.2) is 0 Å². The fourth-order valence-corrected chi connectivity index (χ4v) is 7.80. The maximum absolute atomic E-state index is 13.3. The van der Waals surface area contributed by atoms with Crippen LogP contribution < -0.4 is 0 Å². The number of aliphatic hydroxyl groups is 4. The van der Waals surface area contributed by atoms with E-state index in [4.69, 9.17) is 9.47 Å². The van der Waals surface area contributed by atoms with Gasteiger partial charge in [0.05, 0.1) is 18.6 Å². The molecule has 0 aromatic heterocycles. The molecule has 0 amide bonds. The van der Waals surface area contributed by atoms with E-state index in [1.54, 1.807) is 0 Å². The number of hydrogen-bond donors (Lipinski definition) is 4. The van der Waals surface area contributed by atoms with E-state index >= 15 is 0 Å². The summed E-state index contributed by atoms with van der Waals surface area (Å²) in [7, 11) is 0. The molecule has 1 saturated heterocycles. The number of fused-ring (bicyclic) bond motifs is 3. The van der Waals surface area contributed by atoms with Crippen LogP contribution in [0.5, 0.6) is 0 Å². The number of carbonyl (C=O) groups is 1. The Balaban J connectivity index is 1.52. The van der Waals surface area contributed by atoms with Crippen LogP contribution in [-0.2, 0) is 14.3 Å². The van der Waals surface area contributed by atoms with Crippen LogP contribution in [0.15, 0.2) is 12.7 Å². The number of rotatable bonds is 5. The summed E-state index contributed by atoms with van der Waals surface area (Å²) in [5, 5.41) is 40.0. The highest BCUT2D eigenvalue weighted by Crippen LogP contribution is 2.64. The third-order valence-corrected chi connectivity index (χ3v) is 9.98. The lowest BCUT2D eigenvalue weighted by atomic mass is 9.43. The van der Waals surface area contributed by atoms with Crippen molar-refractivity contribution in [2.45, 2.75) is 96.4 Å². The van der Waals surface area contributed by atoms with Crippen molar-refractivity contribution in [2.24, 2.45) is 34.0 Å². The molecule has 3 aliphatic carbocycles. The minimum atomic E-state index is -1.49. The predicted molar refractivity (Wildman–Crippen MR) is 122 cm³/mol. The summed E-state index contributed by atoms with van der Waals surface area (Å²) < 4.78 is 11.5. The zero-order valence-corrected chi connectivity index (χ0v) is 20.3. The molecule has 0 aromatic rings. The van der Waals surface area contributed by atoms with Crippen LogP contribution in [0.4, 0.5) is 0 Å². The molecule has 4 rings (SSSR count). The Labute approximate surface area is 197 Å². The standard InChI is InChI=1S/C26H42O7/c1-5-24(2)10-8-16-15(12-24)6-7-18-25(16,3)11-9-19(28)26(18,4)14-32-23-22(31)21(30)20(29)17(13-27)33-23/h5,15-18,20-23,27,29-31H,1,6-14H2,2-4H3/t15?,16?,17-,18?,20-,21-,22+,23-,24+,25-,26-/m1/s1. The lowest BCUT2D eigenvalue weighted by Crippen LogP contribution is -2.61. The molecule has 3 unspecified atom stereocenters. The molecule has 0 radical (unpaired) electrons. The highest BCUT2D eigenvalue weighted by atomic mass is 16.7. The van der Waals surface area contributed by atoms with Gasteiger partial charge >= 0.3 is 0 Å². The normalized spacial score (nSPS) is 52.6. The van der Waals surface area contributed by atoms with E-state index in [1.165, 1.54) is 0 Å². The van der Waals surface area contributed by atoms with Gasteiger partial charge in [0.15, 0.2) is 6.29 Å². The lowest BCUT2D eigenvalue weighted by molar-refractivity contribution is -0.308. The van der Waals surface area contributed by atoms with Gasteiger partial charge in [0.25, 0.3) is 0 Å². The van der Waals surface area contributed by atoms with E-state index in [-0.39, 0.29) is 29.1 Å². The molecule has 0 spiro atoms. The molecule has 188 valence electrons. The summed E-state index contributed by atoms with van der Waals surface area (Å²) in [4.78, 5) is 13.3. The molecule has 0 aromatic carbocycles. The summed E-state index contributed by atoms with van der Waals surface area (Å²) in [6.07, 6.45) is 2.44. The van der Waals surface area contributed by atoms with Crippen molar-refractivity contribution < 1.29 is 34.7 Å². The number of allylic oxidation sites excluding steroid dienone is 1. The maximum Gasteiger partial charge on any atom is 0.186 e. The summed E-state index contributed by atoms with van der Waals surface area (Å²) in [6, 6.07) is 0. The quantitative estimate of drug-likeness (QED) is 0.459. The fourth-order valence-electron chi connectivity index (χ4n) is 7.80. The zero-order chi connectivity index (χ0) is 24.2. The van der Waals surface area contributed by atoms with Crippen LogP contribution in [0.1, 0.15) is 65.7 Å². The number of aliphatic hydroxyl groups excluding tert-OH is 4. The van der Waals surface area contributed by atoms with Crippen molar-refractivity contribution in [3.8, 4) is 0 Å². The van der Waals surface area contributed by atoms with Gasteiger partial charge in [0.2, 0.25) is 0 Å². The third-order valence-electron chi connectivity index (χ3n) is 9.98. The first-order chi connectivity index (χ1) is 15.5. The Morgan fingerprint density at radius 2 is 1.82 bits per heavy atom. The first-order valence-corrected chi connectivity index (χ1v) is 12.6. The van der Waals surface area contributed by atoms with Gasteiger partial charge < -0.3 is 29.9 Å². The highest BCUT2D eigenvalue weighted by Gasteiger charge is 2.60. The monoisotopic (exact) mass is 466 g/mol. The fraction of sp³-hybridized carbons (Fsp3) is 0.885. The van der Waals surface area contributed by atoms with Crippen LogP contribution >= 0.6 is 0 Å². The average molecular weight is 467 g/mol. The molecule has 4 fully saturated rings. The van der Waals surface area contributed by atoms with Gasteiger partial charge in [-0.3, -0.25) is 4.79 Å². The average Bonchev–Trinajstić information content (AvgIpc) is 2.80. The minimum Gasteiger partial charge on any atom is -0.394 e. The highest BCUT2D eigenvalue weighted by molar-refractivity contribution is 5.86. The van der Waals surface area contributed by atoms with E-state index < -0.39 is 42.7 Å². The van der Waals surface area contributed by atoms with E-state index in [0.717, 1.165) is 38.5 Å². The maximum atomic E-state index is 13.3.